The summed E-state index contributed by atoms with van der Waals surface area (Å²) in [5.74, 6) is -1.46. The van der Waals surface area contributed by atoms with E-state index in [0.717, 1.165) is 28.5 Å². The number of para-hydroxylation sites is 1. The first kappa shape index (κ1) is 28.4. The van der Waals surface area contributed by atoms with Gasteiger partial charge in [0.15, 0.2) is 5.60 Å². The van der Waals surface area contributed by atoms with Crippen LogP contribution in [0.3, 0.4) is 0 Å². The molecule has 4 rings (SSSR count). The average Bonchev–Trinajstić information content (AvgIpc) is 3.28. The van der Waals surface area contributed by atoms with Gasteiger partial charge in [-0.3, -0.25) is 14.4 Å². The number of pyridine rings is 2. The standard InChI is InChI=1S/C30H38N4O5/c1-7-19-20-11-9-10-12-24(20)32-26-21(19)16-34-25(26)15-23(22(27(34)35)17-39-28(36)18(3)4)30(38,8-2)29(37)31-13-14-33(5)6/h9-12,15,18,38H,7-8,13-14,16-17H2,1-6H3,(H,31,37)/t30-/m0/s1. The van der Waals surface area contributed by atoms with Gasteiger partial charge in [-0.2, -0.15) is 0 Å². The highest BCUT2D eigenvalue weighted by Gasteiger charge is 2.41. The highest BCUT2D eigenvalue weighted by Crippen LogP contribution is 2.38. The molecule has 1 atom stereocenters. The minimum Gasteiger partial charge on any atom is -0.460 e. The minimum atomic E-state index is -2.01. The van der Waals surface area contributed by atoms with E-state index < -0.39 is 29.0 Å². The predicted molar refractivity (Wildman–Crippen MR) is 150 cm³/mol. The molecule has 0 radical (unpaired) electrons. The lowest BCUT2D eigenvalue weighted by molar-refractivity contribution is -0.148. The molecular formula is C30H38N4O5. The van der Waals surface area contributed by atoms with Crippen LogP contribution >= 0.6 is 0 Å². The van der Waals surface area contributed by atoms with Crippen molar-refractivity contribution in [2.24, 2.45) is 5.92 Å². The van der Waals surface area contributed by atoms with Crippen LogP contribution in [-0.4, -0.2) is 58.6 Å². The van der Waals surface area contributed by atoms with Crippen molar-refractivity contribution in [1.82, 2.24) is 19.8 Å². The number of nitrogens with one attached hydrogen (secondary N) is 1. The van der Waals surface area contributed by atoms with Crippen molar-refractivity contribution in [3.05, 3.63) is 62.9 Å². The van der Waals surface area contributed by atoms with Gasteiger partial charge in [-0.05, 0) is 44.6 Å². The molecule has 1 amide bonds. The molecule has 39 heavy (non-hydrogen) atoms. The molecule has 1 aromatic carbocycles. The molecule has 9 heteroatoms. The zero-order valence-electron chi connectivity index (χ0n) is 23.6. The number of carbonyl (C=O) groups is 2. The Morgan fingerprint density at radius 1 is 1.21 bits per heavy atom. The quantitative estimate of drug-likeness (QED) is 0.301. The van der Waals surface area contributed by atoms with Gasteiger partial charge in [0.05, 0.1) is 34.9 Å². The summed E-state index contributed by atoms with van der Waals surface area (Å²) in [4.78, 5) is 46.6. The molecule has 208 valence electrons. The lowest BCUT2D eigenvalue weighted by Gasteiger charge is -2.29. The number of benzene rings is 1. The van der Waals surface area contributed by atoms with Gasteiger partial charge < -0.3 is 24.6 Å². The minimum absolute atomic E-state index is 0.0209. The van der Waals surface area contributed by atoms with Gasteiger partial charge >= 0.3 is 5.97 Å². The number of nitrogens with zero attached hydrogens (tertiary/aromatic N) is 3. The van der Waals surface area contributed by atoms with Crippen LogP contribution < -0.4 is 10.9 Å². The summed E-state index contributed by atoms with van der Waals surface area (Å²) in [7, 11) is 3.78. The largest absolute Gasteiger partial charge is 0.460 e. The van der Waals surface area contributed by atoms with Gasteiger partial charge in [0.1, 0.15) is 6.61 Å². The molecule has 0 saturated heterocycles. The SMILES string of the molecule is CCc1c2c(nc3ccccc13)-c1cc([C@@](O)(CC)C(=O)NCCN(C)C)c(COC(=O)C(C)C)c(=O)n1C2. The molecule has 0 saturated carbocycles. The maximum Gasteiger partial charge on any atom is 0.308 e. The third-order valence-corrected chi connectivity index (χ3v) is 7.43. The van der Waals surface area contributed by atoms with Gasteiger partial charge in [-0.25, -0.2) is 4.98 Å². The Morgan fingerprint density at radius 3 is 2.56 bits per heavy atom. The fourth-order valence-corrected chi connectivity index (χ4v) is 5.14. The number of fused-ring (bicyclic) bond motifs is 4. The summed E-state index contributed by atoms with van der Waals surface area (Å²) in [6.07, 6.45) is 0.778. The van der Waals surface area contributed by atoms with Crippen molar-refractivity contribution in [1.29, 1.82) is 0 Å². The number of likely N-dealkylation sites (N-methyl/N-ethyl adjacent to an activating group) is 1. The Balaban J connectivity index is 1.91. The van der Waals surface area contributed by atoms with Crippen molar-refractivity contribution in [2.75, 3.05) is 27.2 Å². The van der Waals surface area contributed by atoms with Crippen molar-refractivity contribution < 1.29 is 19.4 Å². The highest BCUT2D eigenvalue weighted by atomic mass is 16.5. The van der Waals surface area contributed by atoms with E-state index in [9.17, 15) is 19.5 Å². The average molecular weight is 535 g/mol. The second kappa shape index (κ2) is 11.3. The summed E-state index contributed by atoms with van der Waals surface area (Å²) in [5.41, 5.74) is 1.91. The van der Waals surface area contributed by atoms with Crippen molar-refractivity contribution >= 4 is 22.8 Å². The van der Waals surface area contributed by atoms with Crippen LogP contribution in [0.4, 0.5) is 0 Å². The second-order valence-electron chi connectivity index (χ2n) is 10.6. The van der Waals surface area contributed by atoms with E-state index in [-0.39, 0.29) is 24.2 Å². The number of hydrogen-bond acceptors (Lipinski definition) is 7. The van der Waals surface area contributed by atoms with E-state index in [1.165, 1.54) is 0 Å². The Morgan fingerprint density at radius 2 is 1.92 bits per heavy atom. The number of hydrogen-bond donors (Lipinski definition) is 2. The van der Waals surface area contributed by atoms with E-state index >= 15 is 0 Å². The summed E-state index contributed by atoms with van der Waals surface area (Å²) >= 11 is 0. The molecule has 0 aliphatic carbocycles. The third kappa shape index (κ3) is 5.21. The molecule has 2 N–H and O–H groups in total. The fraction of sp³-hybridized carbons (Fsp3) is 0.467. The van der Waals surface area contributed by atoms with Crippen LogP contribution in [0.5, 0.6) is 0 Å². The fourth-order valence-electron chi connectivity index (χ4n) is 5.14. The summed E-state index contributed by atoms with van der Waals surface area (Å²) < 4.78 is 7.08. The number of rotatable bonds is 10. The Labute approximate surface area is 228 Å². The van der Waals surface area contributed by atoms with E-state index in [4.69, 9.17) is 9.72 Å². The first-order valence-corrected chi connectivity index (χ1v) is 13.5. The van der Waals surface area contributed by atoms with Crippen LogP contribution in [0.15, 0.2) is 35.1 Å². The van der Waals surface area contributed by atoms with Crippen molar-refractivity contribution in [2.45, 2.75) is 59.3 Å². The number of aliphatic hydroxyl groups is 1. The van der Waals surface area contributed by atoms with Crippen LogP contribution in [0, 0.1) is 5.92 Å². The van der Waals surface area contributed by atoms with Gasteiger partial charge in [0, 0.05) is 29.6 Å². The molecular weight excluding hydrogens is 496 g/mol. The lowest BCUT2D eigenvalue weighted by atomic mass is 9.86. The molecule has 0 fully saturated rings. The Bertz CT molecular complexity index is 1480. The normalized spacial score (nSPS) is 13.9. The Kier molecular flexibility index (Phi) is 8.23. The van der Waals surface area contributed by atoms with Gasteiger partial charge in [0.2, 0.25) is 0 Å². The number of aromatic nitrogens is 2. The molecule has 1 aliphatic heterocycles. The zero-order chi connectivity index (χ0) is 28.5. The number of amides is 1. The molecule has 0 bridgehead atoms. The van der Waals surface area contributed by atoms with Crippen LogP contribution in [0.1, 0.15) is 56.4 Å². The molecule has 2 aromatic heterocycles. The second-order valence-corrected chi connectivity index (χ2v) is 10.6. The lowest BCUT2D eigenvalue weighted by Crippen LogP contribution is -2.47. The van der Waals surface area contributed by atoms with Gasteiger partial charge in [-0.1, -0.05) is 45.9 Å². The van der Waals surface area contributed by atoms with E-state index in [2.05, 4.69) is 12.2 Å². The zero-order valence-corrected chi connectivity index (χ0v) is 23.6. The first-order valence-electron chi connectivity index (χ1n) is 13.5. The molecule has 0 spiro atoms. The molecule has 3 heterocycles. The van der Waals surface area contributed by atoms with E-state index in [1.807, 2.05) is 43.3 Å². The number of aryl methyl sites for hydroxylation is 1. The maximum atomic E-state index is 14.0. The van der Waals surface area contributed by atoms with E-state index in [0.29, 0.717) is 31.0 Å². The van der Waals surface area contributed by atoms with Crippen LogP contribution in [0.25, 0.3) is 22.3 Å². The molecule has 9 nitrogen and oxygen atoms in total. The Hall–Kier alpha value is -3.56. The van der Waals surface area contributed by atoms with Gasteiger partial charge in [-0.15, -0.1) is 0 Å². The van der Waals surface area contributed by atoms with Crippen molar-refractivity contribution in [3.63, 3.8) is 0 Å². The van der Waals surface area contributed by atoms with Crippen LogP contribution in [-0.2, 0) is 39.5 Å². The molecule has 3 aromatic rings. The van der Waals surface area contributed by atoms with Gasteiger partial charge in [0.25, 0.3) is 11.5 Å². The summed E-state index contributed by atoms with van der Waals surface area (Å²) in [6, 6.07) is 9.55. The topological polar surface area (TPSA) is 114 Å². The smallest absolute Gasteiger partial charge is 0.308 e. The molecule has 0 unspecified atom stereocenters. The number of carbonyl (C=O) groups excluding carboxylic acids is 2. The summed E-state index contributed by atoms with van der Waals surface area (Å²) in [6.45, 7) is 8.06. The maximum absolute atomic E-state index is 14.0. The number of ether oxygens (including phenoxy) is 1. The number of esters is 1. The molecule has 1 aliphatic rings. The summed E-state index contributed by atoms with van der Waals surface area (Å²) in [5, 5.41) is 15.7. The van der Waals surface area contributed by atoms with Crippen molar-refractivity contribution in [3.8, 4) is 11.4 Å². The third-order valence-electron chi connectivity index (χ3n) is 7.43. The first-order chi connectivity index (χ1) is 18.5. The monoisotopic (exact) mass is 534 g/mol. The predicted octanol–water partition coefficient (Wildman–Crippen LogP) is 2.96. The van der Waals surface area contributed by atoms with E-state index in [1.54, 1.807) is 31.4 Å². The highest BCUT2D eigenvalue weighted by molar-refractivity contribution is 5.89. The van der Waals surface area contributed by atoms with Crippen LogP contribution in [0.2, 0.25) is 0 Å².